The lowest BCUT2D eigenvalue weighted by Crippen LogP contribution is -2.11. The van der Waals surface area contributed by atoms with Gasteiger partial charge in [0.05, 0.1) is 18.7 Å². The zero-order valence-corrected chi connectivity index (χ0v) is 8.71. The Morgan fingerprint density at radius 1 is 1.44 bits per heavy atom. The third-order valence-electron chi connectivity index (χ3n) is 2.17. The molecule has 1 rings (SSSR count). The minimum Gasteiger partial charge on any atom is -0.496 e. The van der Waals surface area contributed by atoms with Gasteiger partial charge in [-0.3, -0.25) is 0 Å². The van der Waals surface area contributed by atoms with E-state index in [0.717, 1.165) is 12.1 Å². The minimum absolute atomic E-state index is 0.113. The maximum Gasteiger partial charge on any atom is 0.416 e. The largest absolute Gasteiger partial charge is 0.496 e. The first-order valence-corrected chi connectivity index (χ1v) is 4.53. The molecular weight excluding hydrogens is 219 g/mol. The van der Waals surface area contributed by atoms with Gasteiger partial charge >= 0.3 is 6.18 Å². The summed E-state index contributed by atoms with van der Waals surface area (Å²) in [6.07, 6.45) is -2.95. The average Bonchev–Trinajstić information content (AvgIpc) is 2.26. The number of methoxy groups -OCH3 is 1. The molecule has 1 aromatic carbocycles. The van der Waals surface area contributed by atoms with E-state index in [1.165, 1.54) is 19.3 Å². The van der Waals surface area contributed by atoms with Gasteiger partial charge in [-0.15, -0.1) is 6.58 Å². The van der Waals surface area contributed by atoms with E-state index in [0.29, 0.717) is 5.56 Å². The Hall–Kier alpha value is -1.49. The summed E-state index contributed by atoms with van der Waals surface area (Å²) in [4.78, 5) is 0. The van der Waals surface area contributed by atoms with Crippen LogP contribution >= 0.6 is 0 Å². The quantitative estimate of drug-likeness (QED) is 0.812. The molecule has 16 heavy (non-hydrogen) atoms. The topological polar surface area (TPSA) is 35.2 Å². The Labute approximate surface area is 91.5 Å². The zero-order chi connectivity index (χ0) is 12.3. The van der Waals surface area contributed by atoms with Crippen molar-refractivity contribution >= 4 is 0 Å². The lowest BCUT2D eigenvalue weighted by Gasteiger charge is -2.15. The molecule has 0 aliphatic carbocycles. The number of benzene rings is 1. The summed E-state index contributed by atoms with van der Waals surface area (Å²) in [5, 5.41) is 0. The van der Waals surface area contributed by atoms with Crippen molar-refractivity contribution in [3.05, 3.63) is 42.0 Å². The molecule has 0 spiro atoms. The molecule has 0 aliphatic rings. The average molecular weight is 231 g/mol. The summed E-state index contributed by atoms with van der Waals surface area (Å²) in [5.41, 5.74) is 5.37. The first-order valence-electron chi connectivity index (χ1n) is 4.53. The van der Waals surface area contributed by atoms with Crippen LogP contribution in [0.2, 0.25) is 0 Å². The molecule has 0 aliphatic heterocycles. The zero-order valence-electron chi connectivity index (χ0n) is 8.71. The number of alkyl halides is 3. The van der Waals surface area contributed by atoms with Crippen molar-refractivity contribution in [1.29, 1.82) is 0 Å². The Morgan fingerprint density at radius 2 is 2.06 bits per heavy atom. The lowest BCUT2D eigenvalue weighted by atomic mass is 10.0. The molecule has 88 valence electrons. The minimum atomic E-state index is -4.38. The van der Waals surface area contributed by atoms with Crippen LogP contribution in [-0.4, -0.2) is 7.11 Å². The smallest absolute Gasteiger partial charge is 0.416 e. The third kappa shape index (κ3) is 2.55. The molecule has 2 N–H and O–H groups in total. The molecule has 5 heteroatoms. The fraction of sp³-hybridized carbons (Fsp3) is 0.273. The second kappa shape index (κ2) is 4.57. The van der Waals surface area contributed by atoms with Crippen LogP contribution in [-0.2, 0) is 6.18 Å². The van der Waals surface area contributed by atoms with Crippen LogP contribution in [0.25, 0.3) is 0 Å². The van der Waals surface area contributed by atoms with Gasteiger partial charge in [-0.25, -0.2) is 0 Å². The van der Waals surface area contributed by atoms with Gasteiger partial charge in [0.1, 0.15) is 5.75 Å². The van der Waals surface area contributed by atoms with Crippen LogP contribution < -0.4 is 10.5 Å². The fourth-order valence-corrected chi connectivity index (χ4v) is 1.29. The van der Waals surface area contributed by atoms with Crippen LogP contribution in [0, 0.1) is 0 Å². The van der Waals surface area contributed by atoms with E-state index in [1.54, 1.807) is 0 Å². The maximum absolute atomic E-state index is 12.4. The molecule has 0 saturated heterocycles. The second-order valence-electron chi connectivity index (χ2n) is 3.22. The number of halogens is 3. The highest BCUT2D eigenvalue weighted by atomic mass is 19.4. The SMILES string of the molecule is C=C[C@H](N)c1ccc(C(F)(F)F)cc1OC. The summed E-state index contributed by atoms with van der Waals surface area (Å²) < 4.78 is 42.1. The Kier molecular flexibility index (Phi) is 3.59. The normalized spacial score (nSPS) is 13.3. The molecule has 0 bridgehead atoms. The van der Waals surface area contributed by atoms with Gasteiger partial charge in [0.25, 0.3) is 0 Å². The number of hydrogen-bond donors (Lipinski definition) is 1. The van der Waals surface area contributed by atoms with Crippen molar-refractivity contribution in [3.63, 3.8) is 0 Å². The lowest BCUT2D eigenvalue weighted by molar-refractivity contribution is -0.137. The van der Waals surface area contributed by atoms with E-state index in [9.17, 15) is 13.2 Å². The van der Waals surface area contributed by atoms with Crippen molar-refractivity contribution in [2.24, 2.45) is 5.73 Å². The summed E-state index contributed by atoms with van der Waals surface area (Å²) >= 11 is 0. The second-order valence-corrected chi connectivity index (χ2v) is 3.22. The van der Waals surface area contributed by atoms with Gasteiger partial charge in [-0.05, 0) is 12.1 Å². The van der Waals surface area contributed by atoms with Gasteiger partial charge in [-0.1, -0.05) is 12.1 Å². The molecule has 0 unspecified atom stereocenters. The molecule has 1 atom stereocenters. The molecule has 2 nitrogen and oxygen atoms in total. The summed E-state index contributed by atoms with van der Waals surface area (Å²) in [6.45, 7) is 3.48. The molecule has 0 fully saturated rings. The van der Waals surface area contributed by atoms with E-state index in [1.807, 2.05) is 0 Å². The van der Waals surface area contributed by atoms with Crippen molar-refractivity contribution in [3.8, 4) is 5.75 Å². The monoisotopic (exact) mass is 231 g/mol. The number of nitrogens with two attached hydrogens (primary N) is 1. The Morgan fingerprint density at radius 3 is 2.50 bits per heavy atom. The predicted molar refractivity (Wildman–Crippen MR) is 55.1 cm³/mol. The number of hydrogen-bond acceptors (Lipinski definition) is 2. The number of ether oxygens (including phenoxy) is 1. The van der Waals surface area contributed by atoms with E-state index in [4.69, 9.17) is 10.5 Å². The van der Waals surface area contributed by atoms with Crippen molar-refractivity contribution in [2.45, 2.75) is 12.2 Å². The van der Waals surface area contributed by atoms with Crippen LogP contribution in [0.4, 0.5) is 13.2 Å². The van der Waals surface area contributed by atoms with Gasteiger partial charge in [0.15, 0.2) is 0 Å². The highest BCUT2D eigenvalue weighted by Gasteiger charge is 2.31. The third-order valence-corrected chi connectivity index (χ3v) is 2.17. The van der Waals surface area contributed by atoms with Gasteiger partial charge in [0.2, 0.25) is 0 Å². The van der Waals surface area contributed by atoms with Gasteiger partial charge in [-0.2, -0.15) is 13.2 Å². The van der Waals surface area contributed by atoms with Crippen molar-refractivity contribution < 1.29 is 17.9 Å². The van der Waals surface area contributed by atoms with Gasteiger partial charge in [0, 0.05) is 5.56 Å². The first kappa shape index (κ1) is 12.6. The van der Waals surface area contributed by atoms with Crippen molar-refractivity contribution in [1.82, 2.24) is 0 Å². The van der Waals surface area contributed by atoms with Crippen molar-refractivity contribution in [2.75, 3.05) is 7.11 Å². The predicted octanol–water partition coefficient (Wildman–Crippen LogP) is 2.90. The van der Waals surface area contributed by atoms with E-state index < -0.39 is 17.8 Å². The summed E-state index contributed by atoms with van der Waals surface area (Å²) in [6, 6.07) is 2.66. The molecule has 0 aromatic heterocycles. The van der Waals surface area contributed by atoms with E-state index in [-0.39, 0.29) is 5.75 Å². The molecule has 0 heterocycles. The fourth-order valence-electron chi connectivity index (χ4n) is 1.29. The highest BCUT2D eigenvalue weighted by molar-refractivity contribution is 5.41. The molecule has 0 saturated carbocycles. The maximum atomic E-state index is 12.4. The molecule has 1 aromatic rings. The molecule has 0 radical (unpaired) electrons. The van der Waals surface area contributed by atoms with E-state index >= 15 is 0 Å². The highest BCUT2D eigenvalue weighted by Crippen LogP contribution is 2.34. The number of rotatable bonds is 3. The molecular formula is C11H12F3NO. The molecule has 0 amide bonds. The van der Waals surface area contributed by atoms with Crippen LogP contribution in [0.5, 0.6) is 5.75 Å². The van der Waals surface area contributed by atoms with E-state index in [2.05, 4.69) is 6.58 Å². The van der Waals surface area contributed by atoms with Crippen LogP contribution in [0.3, 0.4) is 0 Å². The summed E-state index contributed by atoms with van der Waals surface area (Å²) in [5.74, 6) is 0.113. The van der Waals surface area contributed by atoms with Crippen LogP contribution in [0.1, 0.15) is 17.2 Å². The van der Waals surface area contributed by atoms with Gasteiger partial charge < -0.3 is 10.5 Å². The first-order chi connectivity index (χ1) is 7.40. The Bertz CT molecular complexity index is 387. The Balaban J connectivity index is 3.22. The standard InChI is InChI=1S/C11H12F3NO/c1-3-9(15)8-5-4-7(11(12,13)14)6-10(8)16-2/h3-6,9H,1,15H2,2H3/t9-/m0/s1. The van der Waals surface area contributed by atoms with Crippen LogP contribution in [0.15, 0.2) is 30.9 Å². The summed E-state index contributed by atoms with van der Waals surface area (Å²) in [7, 11) is 1.30.